The van der Waals surface area contributed by atoms with Gasteiger partial charge in [-0.1, -0.05) is 34.8 Å². The van der Waals surface area contributed by atoms with Crippen LogP contribution in [-0.2, 0) is 0 Å². The average molecular weight is 220 g/mol. The lowest BCUT2D eigenvalue weighted by Crippen LogP contribution is -2.24. The molecule has 0 aromatic heterocycles. The van der Waals surface area contributed by atoms with Crippen LogP contribution in [0.25, 0.3) is 0 Å². The normalized spacial score (nSPS) is 12.0. The molecule has 0 saturated heterocycles. The molecule has 3 N–H and O–H groups in total. The van der Waals surface area contributed by atoms with Gasteiger partial charge in [0.25, 0.3) is 0 Å². The molecule has 0 atom stereocenters. The van der Waals surface area contributed by atoms with E-state index in [-0.39, 0.29) is 0 Å². The zero-order chi connectivity index (χ0) is 8.74. The summed E-state index contributed by atoms with van der Waals surface area (Å²) in [6.07, 6.45) is 1.44. The van der Waals surface area contributed by atoms with Crippen molar-refractivity contribution in [1.29, 1.82) is 0 Å². The Kier molecular flexibility index (Phi) is 6.78. The molecule has 5 heteroatoms. The quantitative estimate of drug-likeness (QED) is 0.545. The summed E-state index contributed by atoms with van der Waals surface area (Å²) in [6, 6.07) is 0. The molecule has 0 radical (unpaired) electrons. The Morgan fingerprint density at radius 3 is 2.27 bits per heavy atom. The third kappa shape index (κ3) is 10.8. The van der Waals surface area contributed by atoms with Crippen molar-refractivity contribution >= 4 is 34.8 Å². The van der Waals surface area contributed by atoms with Gasteiger partial charge in [-0.15, -0.1) is 0 Å². The minimum absolute atomic E-state index is 0.579. The largest absolute Gasteiger partial charge is 0.329 e. The number of nitrogens with two attached hydrogens (primary N) is 1. The van der Waals surface area contributed by atoms with E-state index in [2.05, 4.69) is 5.32 Å². The number of hydrogen-bond acceptors (Lipinski definition) is 2. The van der Waals surface area contributed by atoms with Gasteiger partial charge in [-0.2, -0.15) is 0 Å². The van der Waals surface area contributed by atoms with Gasteiger partial charge in [0.1, 0.15) is 0 Å². The Hall–Kier alpha value is 0.790. The molecule has 0 aliphatic carbocycles. The van der Waals surface area contributed by atoms with E-state index in [1.807, 2.05) is 0 Å². The van der Waals surface area contributed by atoms with Crippen molar-refractivity contribution in [2.75, 3.05) is 19.6 Å². The highest BCUT2D eigenvalue weighted by molar-refractivity contribution is 6.67. The lowest BCUT2D eigenvalue weighted by Gasteiger charge is -2.09. The lowest BCUT2D eigenvalue weighted by molar-refractivity contribution is 0.632. The van der Waals surface area contributed by atoms with Crippen LogP contribution in [0.1, 0.15) is 12.8 Å². The van der Waals surface area contributed by atoms with Crippen LogP contribution in [0.2, 0.25) is 0 Å². The van der Waals surface area contributed by atoms with Crippen molar-refractivity contribution in [2.24, 2.45) is 5.73 Å². The fourth-order valence-electron chi connectivity index (χ4n) is 0.641. The second kappa shape index (κ2) is 6.32. The molecule has 2 nitrogen and oxygen atoms in total. The SMILES string of the molecule is NCCNCCCC(Cl)(Cl)Cl. The number of hydrogen-bond donors (Lipinski definition) is 2. The van der Waals surface area contributed by atoms with Crippen LogP contribution in [0.5, 0.6) is 0 Å². The molecule has 0 heterocycles. The molecule has 0 fully saturated rings. The van der Waals surface area contributed by atoms with E-state index >= 15 is 0 Å². The van der Waals surface area contributed by atoms with E-state index in [1.54, 1.807) is 0 Å². The van der Waals surface area contributed by atoms with E-state index in [4.69, 9.17) is 40.5 Å². The van der Waals surface area contributed by atoms with Gasteiger partial charge in [0, 0.05) is 13.1 Å². The molecule has 0 aliphatic rings. The average Bonchev–Trinajstić information content (AvgIpc) is 1.85. The first-order valence-corrected chi connectivity index (χ1v) is 4.67. The Bertz CT molecular complexity index is 92.3. The first-order valence-electron chi connectivity index (χ1n) is 3.54. The molecule has 0 amide bonds. The molecule has 0 spiro atoms. The molecule has 0 aliphatic heterocycles. The third-order valence-electron chi connectivity index (χ3n) is 1.13. The van der Waals surface area contributed by atoms with Gasteiger partial charge in [0.15, 0.2) is 3.79 Å². The number of alkyl halides is 3. The zero-order valence-corrected chi connectivity index (χ0v) is 8.51. The number of nitrogens with one attached hydrogen (secondary N) is 1. The van der Waals surface area contributed by atoms with Crippen LogP contribution in [0.4, 0.5) is 0 Å². The maximum absolute atomic E-state index is 5.52. The summed E-state index contributed by atoms with van der Waals surface area (Å²) in [4.78, 5) is 0. The second-order valence-electron chi connectivity index (χ2n) is 2.26. The molecule has 68 valence electrons. The summed E-state index contributed by atoms with van der Waals surface area (Å²) in [6.45, 7) is 2.32. The van der Waals surface area contributed by atoms with Crippen LogP contribution < -0.4 is 11.1 Å². The molecule has 0 aromatic carbocycles. The maximum atomic E-state index is 5.52. The van der Waals surface area contributed by atoms with Crippen molar-refractivity contribution in [3.05, 3.63) is 0 Å². The van der Waals surface area contributed by atoms with Crippen LogP contribution >= 0.6 is 34.8 Å². The highest BCUT2D eigenvalue weighted by atomic mass is 35.6. The van der Waals surface area contributed by atoms with Crippen molar-refractivity contribution < 1.29 is 0 Å². The van der Waals surface area contributed by atoms with Gasteiger partial charge in [0.05, 0.1) is 0 Å². The third-order valence-corrected chi connectivity index (χ3v) is 1.70. The number of rotatable bonds is 5. The van der Waals surface area contributed by atoms with Gasteiger partial charge < -0.3 is 11.1 Å². The van der Waals surface area contributed by atoms with Crippen LogP contribution in [-0.4, -0.2) is 23.4 Å². The van der Waals surface area contributed by atoms with Gasteiger partial charge >= 0.3 is 0 Å². The van der Waals surface area contributed by atoms with Crippen molar-refractivity contribution in [2.45, 2.75) is 16.6 Å². The first-order chi connectivity index (χ1) is 5.06. The summed E-state index contributed by atoms with van der Waals surface area (Å²) < 4.78 is -1.11. The van der Waals surface area contributed by atoms with E-state index in [0.717, 1.165) is 19.5 Å². The Labute approximate surface area is 82.4 Å². The zero-order valence-electron chi connectivity index (χ0n) is 6.25. The standard InChI is InChI=1S/C6H13Cl3N2/c7-6(8,9)2-1-4-11-5-3-10/h11H,1-5,10H2. The van der Waals surface area contributed by atoms with Gasteiger partial charge in [-0.25, -0.2) is 0 Å². The predicted octanol–water partition coefficient (Wildman–Crippen LogP) is 1.69. The fourth-order valence-corrected chi connectivity index (χ4v) is 1.04. The summed E-state index contributed by atoms with van der Waals surface area (Å²) in [5.74, 6) is 0. The molecule has 0 rings (SSSR count). The predicted molar refractivity (Wildman–Crippen MR) is 51.4 cm³/mol. The molecule has 0 saturated carbocycles. The first kappa shape index (κ1) is 11.8. The fraction of sp³-hybridized carbons (Fsp3) is 1.00. The molecule has 0 bridgehead atoms. The molecule has 0 unspecified atom stereocenters. The van der Waals surface area contributed by atoms with E-state index < -0.39 is 3.79 Å². The molecule has 0 aromatic rings. The summed E-state index contributed by atoms with van der Waals surface area (Å²) >= 11 is 16.6. The van der Waals surface area contributed by atoms with Crippen molar-refractivity contribution in [3.8, 4) is 0 Å². The second-order valence-corrected chi connectivity index (χ2v) is 4.77. The Balaban J connectivity index is 3.02. The van der Waals surface area contributed by atoms with Gasteiger partial charge in [-0.3, -0.25) is 0 Å². The van der Waals surface area contributed by atoms with Crippen molar-refractivity contribution in [1.82, 2.24) is 5.32 Å². The Morgan fingerprint density at radius 1 is 1.18 bits per heavy atom. The van der Waals surface area contributed by atoms with Gasteiger partial charge in [-0.05, 0) is 19.4 Å². The number of halogens is 3. The molecule has 11 heavy (non-hydrogen) atoms. The van der Waals surface area contributed by atoms with E-state index in [0.29, 0.717) is 13.0 Å². The van der Waals surface area contributed by atoms with Crippen LogP contribution in [0, 0.1) is 0 Å². The monoisotopic (exact) mass is 218 g/mol. The summed E-state index contributed by atoms with van der Waals surface area (Å²) in [7, 11) is 0. The summed E-state index contributed by atoms with van der Waals surface area (Å²) in [5.41, 5.74) is 5.26. The minimum atomic E-state index is -1.11. The lowest BCUT2D eigenvalue weighted by atomic mass is 10.3. The highest BCUT2D eigenvalue weighted by Gasteiger charge is 2.17. The Morgan fingerprint density at radius 2 is 1.82 bits per heavy atom. The minimum Gasteiger partial charge on any atom is -0.329 e. The smallest absolute Gasteiger partial charge is 0.190 e. The van der Waals surface area contributed by atoms with Crippen LogP contribution in [0.15, 0.2) is 0 Å². The molecular formula is C6H13Cl3N2. The van der Waals surface area contributed by atoms with E-state index in [1.165, 1.54) is 0 Å². The van der Waals surface area contributed by atoms with E-state index in [9.17, 15) is 0 Å². The highest BCUT2D eigenvalue weighted by Crippen LogP contribution is 2.30. The summed E-state index contributed by atoms with van der Waals surface area (Å²) in [5, 5.41) is 3.11. The molecular weight excluding hydrogens is 206 g/mol. The maximum Gasteiger partial charge on any atom is 0.190 e. The van der Waals surface area contributed by atoms with Crippen molar-refractivity contribution in [3.63, 3.8) is 0 Å². The topological polar surface area (TPSA) is 38.0 Å². The van der Waals surface area contributed by atoms with Crippen LogP contribution in [0.3, 0.4) is 0 Å². The van der Waals surface area contributed by atoms with Gasteiger partial charge in [0.2, 0.25) is 0 Å².